The maximum Gasteiger partial charge on any atom is 0.229 e. The second-order valence-electron chi connectivity index (χ2n) is 7.80. The van der Waals surface area contributed by atoms with E-state index in [9.17, 15) is 19.5 Å². The fourth-order valence-corrected chi connectivity index (χ4v) is 4.19. The normalized spacial score (nSPS) is 18.2. The highest BCUT2D eigenvalue weighted by molar-refractivity contribution is 9.10. The van der Waals surface area contributed by atoms with Crippen molar-refractivity contribution in [1.82, 2.24) is 9.80 Å². The number of imide groups is 1. The van der Waals surface area contributed by atoms with Crippen LogP contribution < -0.4 is 0 Å². The third-order valence-corrected chi connectivity index (χ3v) is 6.60. The molecule has 0 radical (unpaired) electrons. The van der Waals surface area contributed by atoms with E-state index < -0.39 is 6.23 Å². The van der Waals surface area contributed by atoms with Crippen LogP contribution >= 0.6 is 31.9 Å². The molecule has 2 aromatic rings. The number of halogens is 2. The van der Waals surface area contributed by atoms with Gasteiger partial charge in [0.2, 0.25) is 17.7 Å². The average molecular weight is 566 g/mol. The van der Waals surface area contributed by atoms with Gasteiger partial charge in [-0.3, -0.25) is 19.3 Å². The summed E-state index contributed by atoms with van der Waals surface area (Å²) >= 11 is 6.74. The minimum Gasteiger partial charge on any atom is -0.374 e. The van der Waals surface area contributed by atoms with Crippen molar-refractivity contribution in [1.29, 1.82) is 0 Å². The standard InChI is InChI=1S/C12H14BrNO2.C12H12BrNO2/c2*13-10-3-1-9(2-4-10)7-8-14-11(15)5-6-12(14)16/h1-4,11,15H,5-8H2;1-4H,5-8H2. The molecule has 6 nitrogen and oxygen atoms in total. The number of aliphatic hydroxyl groups excluding tert-OH is 1. The molecule has 0 aromatic heterocycles. The highest BCUT2D eigenvalue weighted by Gasteiger charge is 2.29. The largest absolute Gasteiger partial charge is 0.374 e. The van der Waals surface area contributed by atoms with Gasteiger partial charge in [-0.1, -0.05) is 56.1 Å². The van der Waals surface area contributed by atoms with Gasteiger partial charge in [-0.15, -0.1) is 0 Å². The Morgan fingerprint density at radius 2 is 1.19 bits per heavy atom. The molecule has 2 heterocycles. The van der Waals surface area contributed by atoms with Gasteiger partial charge in [-0.05, 0) is 48.2 Å². The molecule has 0 saturated carbocycles. The Kier molecular flexibility index (Phi) is 9.02. The molecule has 1 atom stereocenters. The fourth-order valence-electron chi connectivity index (χ4n) is 3.66. The lowest BCUT2D eigenvalue weighted by atomic mass is 10.1. The molecule has 2 saturated heterocycles. The van der Waals surface area contributed by atoms with Gasteiger partial charge in [-0.25, -0.2) is 0 Å². The minimum atomic E-state index is -0.581. The zero-order chi connectivity index (χ0) is 23.1. The summed E-state index contributed by atoms with van der Waals surface area (Å²) in [4.78, 5) is 37.1. The summed E-state index contributed by atoms with van der Waals surface area (Å²) in [5, 5.41) is 9.58. The summed E-state index contributed by atoms with van der Waals surface area (Å²) in [6.07, 6.45) is 2.72. The first-order valence-corrected chi connectivity index (χ1v) is 12.2. The van der Waals surface area contributed by atoms with Crippen molar-refractivity contribution in [3.05, 3.63) is 68.6 Å². The van der Waals surface area contributed by atoms with Crippen molar-refractivity contribution in [2.24, 2.45) is 0 Å². The summed E-state index contributed by atoms with van der Waals surface area (Å²) in [6, 6.07) is 15.9. The summed E-state index contributed by atoms with van der Waals surface area (Å²) in [5.41, 5.74) is 2.31. The van der Waals surface area contributed by atoms with Crippen LogP contribution in [0.1, 0.15) is 36.8 Å². The first-order chi connectivity index (χ1) is 15.3. The van der Waals surface area contributed by atoms with Gasteiger partial charge in [0.05, 0.1) is 0 Å². The van der Waals surface area contributed by atoms with E-state index in [0.717, 1.165) is 27.4 Å². The third-order valence-electron chi connectivity index (χ3n) is 5.54. The number of hydrogen-bond acceptors (Lipinski definition) is 4. The Morgan fingerprint density at radius 1 is 0.719 bits per heavy atom. The number of hydrogen-bond donors (Lipinski definition) is 1. The highest BCUT2D eigenvalue weighted by atomic mass is 79.9. The number of likely N-dealkylation sites (tertiary alicyclic amines) is 2. The number of carbonyl (C=O) groups is 3. The van der Waals surface area contributed by atoms with Crippen LogP contribution in [0.15, 0.2) is 57.5 Å². The zero-order valence-electron chi connectivity index (χ0n) is 17.7. The number of benzene rings is 2. The Hall–Kier alpha value is -2.03. The topological polar surface area (TPSA) is 77.9 Å². The maximum atomic E-state index is 11.4. The molecule has 2 aromatic carbocycles. The zero-order valence-corrected chi connectivity index (χ0v) is 20.8. The van der Waals surface area contributed by atoms with Crippen LogP contribution in [0, 0.1) is 0 Å². The van der Waals surface area contributed by atoms with Crippen LogP contribution in [-0.2, 0) is 27.2 Å². The number of nitrogens with zero attached hydrogens (tertiary/aromatic N) is 2. The van der Waals surface area contributed by atoms with Crippen molar-refractivity contribution in [3.8, 4) is 0 Å². The lowest BCUT2D eigenvalue weighted by Gasteiger charge is -2.20. The van der Waals surface area contributed by atoms with E-state index in [1.165, 1.54) is 10.5 Å². The lowest BCUT2D eigenvalue weighted by molar-refractivity contribution is -0.138. The molecular weight excluding hydrogens is 540 g/mol. The molecule has 3 amide bonds. The monoisotopic (exact) mass is 564 g/mol. The average Bonchev–Trinajstić information content (AvgIpc) is 3.28. The van der Waals surface area contributed by atoms with E-state index >= 15 is 0 Å². The Balaban J connectivity index is 0.000000181. The van der Waals surface area contributed by atoms with Crippen molar-refractivity contribution in [3.63, 3.8) is 0 Å². The molecule has 1 unspecified atom stereocenters. The summed E-state index contributed by atoms with van der Waals surface area (Å²) in [7, 11) is 0. The molecule has 0 bridgehead atoms. The number of rotatable bonds is 6. The summed E-state index contributed by atoms with van der Waals surface area (Å²) in [5.74, 6) is -0.0196. The second kappa shape index (κ2) is 11.7. The van der Waals surface area contributed by atoms with Crippen LogP contribution in [-0.4, -0.2) is 51.9 Å². The maximum absolute atomic E-state index is 11.4. The Morgan fingerprint density at radius 3 is 1.62 bits per heavy atom. The summed E-state index contributed by atoms with van der Waals surface area (Å²) < 4.78 is 2.08. The van der Waals surface area contributed by atoms with E-state index in [-0.39, 0.29) is 17.7 Å². The van der Waals surface area contributed by atoms with Gasteiger partial charge in [0, 0.05) is 47.7 Å². The molecule has 8 heteroatoms. The first-order valence-electron chi connectivity index (χ1n) is 10.6. The van der Waals surface area contributed by atoms with Crippen molar-refractivity contribution >= 4 is 49.6 Å². The van der Waals surface area contributed by atoms with Crippen LogP contribution in [0.5, 0.6) is 0 Å². The molecular formula is C24H26Br2N2O4. The molecule has 170 valence electrons. The third kappa shape index (κ3) is 6.98. The predicted molar refractivity (Wildman–Crippen MR) is 129 cm³/mol. The van der Waals surface area contributed by atoms with Gasteiger partial charge < -0.3 is 10.0 Å². The van der Waals surface area contributed by atoms with Crippen molar-refractivity contribution in [2.75, 3.05) is 13.1 Å². The van der Waals surface area contributed by atoms with Crippen molar-refractivity contribution in [2.45, 2.75) is 44.8 Å². The fraction of sp³-hybridized carbons (Fsp3) is 0.375. The first kappa shape index (κ1) is 24.6. The molecule has 2 aliphatic rings. The van der Waals surface area contributed by atoms with Gasteiger partial charge in [0.25, 0.3) is 0 Å². The molecule has 4 rings (SSSR count). The molecule has 0 aliphatic carbocycles. The number of amides is 3. The number of aliphatic hydroxyl groups is 1. The van der Waals surface area contributed by atoms with Crippen LogP contribution in [0.2, 0.25) is 0 Å². The predicted octanol–water partition coefficient (Wildman–Crippen LogP) is 4.07. The number of carbonyl (C=O) groups excluding carboxylic acids is 3. The molecule has 0 spiro atoms. The van der Waals surface area contributed by atoms with E-state index in [1.54, 1.807) is 4.90 Å². The van der Waals surface area contributed by atoms with E-state index in [4.69, 9.17) is 0 Å². The molecule has 2 aliphatic heterocycles. The van der Waals surface area contributed by atoms with Gasteiger partial charge in [-0.2, -0.15) is 0 Å². The highest BCUT2D eigenvalue weighted by Crippen LogP contribution is 2.18. The van der Waals surface area contributed by atoms with E-state index in [1.807, 2.05) is 48.5 Å². The minimum absolute atomic E-state index is 0.0397. The van der Waals surface area contributed by atoms with Gasteiger partial charge in [0.15, 0.2) is 0 Å². The quantitative estimate of drug-likeness (QED) is 0.536. The lowest BCUT2D eigenvalue weighted by Crippen LogP contribution is -2.34. The Labute approximate surface area is 204 Å². The molecule has 1 N–H and O–H groups in total. The SMILES string of the molecule is O=C1CCC(=O)N1CCc1ccc(Br)cc1.O=C1CCC(O)N1CCc1ccc(Br)cc1. The van der Waals surface area contributed by atoms with Crippen LogP contribution in [0.3, 0.4) is 0 Å². The molecule has 32 heavy (non-hydrogen) atoms. The van der Waals surface area contributed by atoms with Crippen LogP contribution in [0.4, 0.5) is 0 Å². The molecule has 2 fully saturated rings. The smallest absolute Gasteiger partial charge is 0.229 e. The van der Waals surface area contributed by atoms with Crippen molar-refractivity contribution < 1.29 is 19.5 Å². The van der Waals surface area contributed by atoms with Gasteiger partial charge >= 0.3 is 0 Å². The van der Waals surface area contributed by atoms with E-state index in [0.29, 0.717) is 38.8 Å². The van der Waals surface area contributed by atoms with E-state index in [2.05, 4.69) is 31.9 Å². The van der Waals surface area contributed by atoms with Gasteiger partial charge in [0.1, 0.15) is 6.23 Å². The van der Waals surface area contributed by atoms with Crippen LogP contribution in [0.25, 0.3) is 0 Å². The summed E-state index contributed by atoms with van der Waals surface area (Å²) in [6.45, 7) is 1.10. The Bertz CT molecular complexity index is 931. The second-order valence-corrected chi connectivity index (χ2v) is 9.63.